The SMILES string of the molecule is CN1CCC(NC2CCNC(C)(C)C2)C1. The number of piperidine rings is 1. The summed E-state index contributed by atoms with van der Waals surface area (Å²) < 4.78 is 0. The van der Waals surface area contributed by atoms with Gasteiger partial charge in [-0.2, -0.15) is 0 Å². The van der Waals surface area contributed by atoms with Gasteiger partial charge in [-0.15, -0.1) is 0 Å². The topological polar surface area (TPSA) is 27.3 Å². The zero-order valence-electron chi connectivity index (χ0n) is 10.3. The molecular formula is C12H25N3. The van der Waals surface area contributed by atoms with Crippen molar-refractivity contribution in [2.75, 3.05) is 26.7 Å². The molecular weight excluding hydrogens is 186 g/mol. The van der Waals surface area contributed by atoms with Crippen LogP contribution in [-0.4, -0.2) is 49.2 Å². The van der Waals surface area contributed by atoms with Crippen LogP contribution in [0, 0.1) is 0 Å². The quantitative estimate of drug-likeness (QED) is 0.708. The summed E-state index contributed by atoms with van der Waals surface area (Å²) in [5.41, 5.74) is 0.320. The highest BCUT2D eigenvalue weighted by Gasteiger charge is 2.29. The van der Waals surface area contributed by atoms with Crippen LogP contribution in [0.25, 0.3) is 0 Å². The van der Waals surface area contributed by atoms with Crippen molar-refractivity contribution < 1.29 is 0 Å². The summed E-state index contributed by atoms with van der Waals surface area (Å²) in [6.45, 7) is 8.26. The van der Waals surface area contributed by atoms with Gasteiger partial charge in [-0.05, 0) is 53.2 Å². The fourth-order valence-electron chi connectivity index (χ4n) is 2.92. The second kappa shape index (κ2) is 4.40. The molecule has 0 amide bonds. The number of rotatable bonds is 2. The van der Waals surface area contributed by atoms with Gasteiger partial charge in [0.05, 0.1) is 0 Å². The van der Waals surface area contributed by atoms with Crippen molar-refractivity contribution in [1.82, 2.24) is 15.5 Å². The van der Waals surface area contributed by atoms with E-state index < -0.39 is 0 Å². The lowest BCUT2D eigenvalue weighted by Crippen LogP contribution is -2.54. The fraction of sp³-hybridized carbons (Fsp3) is 1.00. The van der Waals surface area contributed by atoms with Crippen LogP contribution in [0.4, 0.5) is 0 Å². The molecule has 3 heteroatoms. The molecule has 88 valence electrons. The Morgan fingerprint density at radius 1 is 1.27 bits per heavy atom. The van der Waals surface area contributed by atoms with Gasteiger partial charge < -0.3 is 15.5 Å². The van der Waals surface area contributed by atoms with E-state index in [0.717, 1.165) is 18.6 Å². The molecule has 2 rings (SSSR count). The largest absolute Gasteiger partial charge is 0.312 e. The van der Waals surface area contributed by atoms with Crippen molar-refractivity contribution in [3.63, 3.8) is 0 Å². The first-order valence-electron chi connectivity index (χ1n) is 6.25. The number of nitrogens with zero attached hydrogens (tertiary/aromatic N) is 1. The Labute approximate surface area is 93.6 Å². The van der Waals surface area contributed by atoms with Crippen molar-refractivity contribution in [1.29, 1.82) is 0 Å². The summed E-state index contributed by atoms with van der Waals surface area (Å²) in [6.07, 6.45) is 3.86. The normalized spacial score (nSPS) is 37.0. The molecule has 2 atom stereocenters. The van der Waals surface area contributed by atoms with E-state index in [1.165, 1.54) is 32.4 Å². The Hall–Kier alpha value is -0.120. The van der Waals surface area contributed by atoms with Crippen LogP contribution >= 0.6 is 0 Å². The van der Waals surface area contributed by atoms with Gasteiger partial charge in [0.2, 0.25) is 0 Å². The van der Waals surface area contributed by atoms with Crippen LogP contribution < -0.4 is 10.6 Å². The Bertz CT molecular complexity index is 215. The van der Waals surface area contributed by atoms with E-state index in [2.05, 4.69) is 36.4 Å². The first-order valence-corrected chi connectivity index (χ1v) is 6.25. The van der Waals surface area contributed by atoms with Crippen molar-refractivity contribution in [2.45, 2.75) is 50.7 Å². The van der Waals surface area contributed by atoms with E-state index in [4.69, 9.17) is 0 Å². The summed E-state index contributed by atoms with van der Waals surface area (Å²) in [5, 5.41) is 7.39. The second-order valence-corrected chi connectivity index (χ2v) is 5.91. The van der Waals surface area contributed by atoms with E-state index >= 15 is 0 Å². The zero-order chi connectivity index (χ0) is 10.9. The molecule has 0 bridgehead atoms. The minimum absolute atomic E-state index is 0.320. The summed E-state index contributed by atoms with van der Waals surface area (Å²) in [4.78, 5) is 2.42. The lowest BCUT2D eigenvalue weighted by atomic mass is 9.89. The first kappa shape index (κ1) is 11.4. The van der Waals surface area contributed by atoms with E-state index in [0.29, 0.717) is 5.54 Å². The van der Waals surface area contributed by atoms with E-state index in [1.807, 2.05) is 0 Å². The molecule has 2 aliphatic heterocycles. The summed E-state index contributed by atoms with van der Waals surface area (Å²) in [7, 11) is 2.22. The number of nitrogens with one attached hydrogen (secondary N) is 2. The van der Waals surface area contributed by atoms with Gasteiger partial charge in [-0.25, -0.2) is 0 Å². The molecule has 0 aromatic carbocycles. The number of hydrogen-bond donors (Lipinski definition) is 2. The molecule has 2 N–H and O–H groups in total. The highest BCUT2D eigenvalue weighted by molar-refractivity contribution is 4.92. The summed E-state index contributed by atoms with van der Waals surface area (Å²) in [6, 6.07) is 1.45. The van der Waals surface area contributed by atoms with E-state index in [9.17, 15) is 0 Å². The van der Waals surface area contributed by atoms with Crippen molar-refractivity contribution >= 4 is 0 Å². The Kier molecular flexibility index (Phi) is 3.33. The standard InChI is InChI=1S/C12H25N3/c1-12(2)8-10(4-6-13-12)14-11-5-7-15(3)9-11/h10-11,13-14H,4-9H2,1-3H3. The van der Waals surface area contributed by atoms with Gasteiger partial charge in [0, 0.05) is 24.2 Å². The maximum Gasteiger partial charge on any atom is 0.0209 e. The van der Waals surface area contributed by atoms with Gasteiger partial charge in [-0.3, -0.25) is 0 Å². The molecule has 2 fully saturated rings. The molecule has 3 nitrogen and oxygen atoms in total. The third-order valence-electron chi connectivity index (χ3n) is 3.72. The van der Waals surface area contributed by atoms with Crippen molar-refractivity contribution in [2.24, 2.45) is 0 Å². The van der Waals surface area contributed by atoms with Crippen molar-refractivity contribution in [3.8, 4) is 0 Å². The van der Waals surface area contributed by atoms with Crippen LogP contribution in [0.2, 0.25) is 0 Å². The van der Waals surface area contributed by atoms with Gasteiger partial charge in [0.1, 0.15) is 0 Å². The molecule has 2 heterocycles. The third kappa shape index (κ3) is 3.16. The molecule has 0 spiro atoms. The van der Waals surface area contributed by atoms with Crippen LogP contribution in [0.5, 0.6) is 0 Å². The molecule has 0 radical (unpaired) electrons. The maximum atomic E-state index is 3.82. The summed E-state index contributed by atoms with van der Waals surface area (Å²) in [5.74, 6) is 0. The zero-order valence-corrected chi connectivity index (χ0v) is 10.3. The molecule has 0 aromatic rings. The Morgan fingerprint density at radius 2 is 2.07 bits per heavy atom. The molecule has 2 unspecified atom stereocenters. The molecule has 15 heavy (non-hydrogen) atoms. The van der Waals surface area contributed by atoms with Gasteiger partial charge in [0.25, 0.3) is 0 Å². The van der Waals surface area contributed by atoms with Gasteiger partial charge in [-0.1, -0.05) is 0 Å². The average molecular weight is 211 g/mol. The Balaban J connectivity index is 1.79. The average Bonchev–Trinajstić information content (AvgIpc) is 2.49. The molecule has 2 saturated heterocycles. The van der Waals surface area contributed by atoms with Crippen LogP contribution in [0.1, 0.15) is 33.1 Å². The van der Waals surface area contributed by atoms with Gasteiger partial charge in [0.15, 0.2) is 0 Å². The van der Waals surface area contributed by atoms with Gasteiger partial charge >= 0.3 is 0 Å². The summed E-state index contributed by atoms with van der Waals surface area (Å²) >= 11 is 0. The molecule has 2 aliphatic rings. The molecule has 0 aromatic heterocycles. The van der Waals surface area contributed by atoms with Crippen LogP contribution in [0.3, 0.4) is 0 Å². The van der Waals surface area contributed by atoms with Crippen molar-refractivity contribution in [3.05, 3.63) is 0 Å². The molecule has 0 saturated carbocycles. The monoisotopic (exact) mass is 211 g/mol. The molecule has 0 aliphatic carbocycles. The predicted octanol–water partition coefficient (Wildman–Crippen LogP) is 0.811. The van der Waals surface area contributed by atoms with E-state index in [-0.39, 0.29) is 0 Å². The lowest BCUT2D eigenvalue weighted by Gasteiger charge is -2.38. The highest BCUT2D eigenvalue weighted by atomic mass is 15.2. The van der Waals surface area contributed by atoms with Crippen LogP contribution in [-0.2, 0) is 0 Å². The second-order valence-electron chi connectivity index (χ2n) is 5.91. The fourth-order valence-corrected chi connectivity index (χ4v) is 2.92. The third-order valence-corrected chi connectivity index (χ3v) is 3.72. The minimum atomic E-state index is 0.320. The highest BCUT2D eigenvalue weighted by Crippen LogP contribution is 2.20. The maximum absolute atomic E-state index is 3.82. The van der Waals surface area contributed by atoms with E-state index in [1.54, 1.807) is 0 Å². The minimum Gasteiger partial charge on any atom is -0.312 e. The number of likely N-dealkylation sites (tertiary alicyclic amines) is 1. The number of likely N-dealkylation sites (N-methyl/N-ethyl adjacent to an activating group) is 1. The predicted molar refractivity (Wildman–Crippen MR) is 64.1 cm³/mol. The smallest absolute Gasteiger partial charge is 0.0209 e. The number of hydrogen-bond acceptors (Lipinski definition) is 3. The lowest BCUT2D eigenvalue weighted by molar-refractivity contribution is 0.234. The first-order chi connectivity index (χ1) is 7.05. The Morgan fingerprint density at radius 3 is 2.67 bits per heavy atom. The van der Waals surface area contributed by atoms with Crippen LogP contribution in [0.15, 0.2) is 0 Å².